The molecule has 0 radical (unpaired) electrons. The number of pyridine rings is 1. The fraction of sp³-hybridized carbons (Fsp3) is 0.586. The van der Waals surface area contributed by atoms with E-state index in [0.29, 0.717) is 12.2 Å². The Hall–Kier alpha value is -2.36. The van der Waals surface area contributed by atoms with E-state index in [-0.39, 0.29) is 5.97 Å². The molecule has 0 amide bonds. The first-order chi connectivity index (χ1) is 16.1. The molecule has 2 aromatic rings. The van der Waals surface area contributed by atoms with Crippen molar-refractivity contribution in [1.82, 2.24) is 4.98 Å². The third-order valence-corrected chi connectivity index (χ3v) is 6.19. The van der Waals surface area contributed by atoms with Gasteiger partial charge in [-0.1, -0.05) is 78.6 Å². The Kier molecular flexibility index (Phi) is 13.3. The van der Waals surface area contributed by atoms with Crippen molar-refractivity contribution in [1.29, 1.82) is 0 Å². The molecule has 0 spiro atoms. The van der Waals surface area contributed by atoms with E-state index in [2.05, 4.69) is 25.8 Å². The summed E-state index contributed by atoms with van der Waals surface area (Å²) < 4.78 is 11.3. The van der Waals surface area contributed by atoms with Crippen LogP contribution in [-0.2, 0) is 4.74 Å². The van der Waals surface area contributed by atoms with Crippen molar-refractivity contribution in [3.8, 4) is 17.0 Å². The predicted octanol–water partition coefficient (Wildman–Crippen LogP) is 8.25. The van der Waals surface area contributed by atoms with Crippen molar-refractivity contribution in [2.24, 2.45) is 5.92 Å². The second kappa shape index (κ2) is 16.3. The highest BCUT2D eigenvalue weighted by Crippen LogP contribution is 2.21. The molecule has 4 nitrogen and oxygen atoms in total. The zero-order chi connectivity index (χ0) is 23.7. The van der Waals surface area contributed by atoms with Crippen molar-refractivity contribution in [2.75, 3.05) is 13.2 Å². The van der Waals surface area contributed by atoms with Gasteiger partial charge in [-0.25, -0.2) is 4.79 Å². The first-order valence-corrected chi connectivity index (χ1v) is 13.0. The number of carbonyl (C=O) groups is 1. The Morgan fingerprint density at radius 3 is 2.24 bits per heavy atom. The lowest BCUT2D eigenvalue weighted by Gasteiger charge is -2.09. The molecule has 33 heavy (non-hydrogen) atoms. The van der Waals surface area contributed by atoms with Crippen molar-refractivity contribution < 1.29 is 14.3 Å². The highest BCUT2D eigenvalue weighted by Gasteiger charge is 2.09. The smallest absolute Gasteiger partial charge is 0.339 e. The minimum atomic E-state index is -0.297. The highest BCUT2D eigenvalue weighted by molar-refractivity contribution is 5.89. The number of unbranched alkanes of at least 4 members (excludes halogenated alkanes) is 7. The number of hydrogen-bond acceptors (Lipinski definition) is 4. The molecule has 1 unspecified atom stereocenters. The van der Waals surface area contributed by atoms with Gasteiger partial charge in [0.2, 0.25) is 0 Å². The number of benzene rings is 1. The van der Waals surface area contributed by atoms with Gasteiger partial charge in [-0.15, -0.1) is 0 Å². The minimum absolute atomic E-state index is 0.297. The molecule has 0 aliphatic heterocycles. The maximum Gasteiger partial charge on any atom is 0.339 e. The van der Waals surface area contributed by atoms with Gasteiger partial charge in [0.1, 0.15) is 5.75 Å². The fourth-order valence-corrected chi connectivity index (χ4v) is 3.70. The number of ether oxygens (including phenoxy) is 2. The quantitative estimate of drug-likeness (QED) is 0.179. The summed E-state index contributed by atoms with van der Waals surface area (Å²) in [5.41, 5.74) is 2.33. The number of aromatic nitrogens is 1. The summed E-state index contributed by atoms with van der Waals surface area (Å²) in [6.45, 7) is 7.99. The lowest BCUT2D eigenvalue weighted by Crippen LogP contribution is -2.07. The van der Waals surface area contributed by atoms with E-state index in [4.69, 9.17) is 9.47 Å². The van der Waals surface area contributed by atoms with Gasteiger partial charge in [-0.3, -0.25) is 4.98 Å². The Labute approximate surface area is 201 Å². The molecular weight excluding hydrogens is 410 g/mol. The normalized spacial score (nSPS) is 11.8. The van der Waals surface area contributed by atoms with Gasteiger partial charge in [0.25, 0.3) is 0 Å². The van der Waals surface area contributed by atoms with Crippen LogP contribution in [0.2, 0.25) is 0 Å². The predicted molar refractivity (Wildman–Crippen MR) is 137 cm³/mol. The molecular formula is C29H43NO3. The summed E-state index contributed by atoms with van der Waals surface area (Å²) >= 11 is 0. The first-order valence-electron chi connectivity index (χ1n) is 13.0. The maximum absolute atomic E-state index is 12.2. The zero-order valence-electron chi connectivity index (χ0n) is 21.0. The molecule has 0 aliphatic rings. The lowest BCUT2D eigenvalue weighted by molar-refractivity contribution is 0.0497. The van der Waals surface area contributed by atoms with Crippen LogP contribution >= 0.6 is 0 Å². The molecule has 2 rings (SSSR count). The number of esters is 1. The van der Waals surface area contributed by atoms with E-state index in [0.717, 1.165) is 48.8 Å². The van der Waals surface area contributed by atoms with E-state index in [1.807, 2.05) is 30.3 Å². The van der Waals surface area contributed by atoms with Crippen LogP contribution in [0.5, 0.6) is 5.75 Å². The Morgan fingerprint density at radius 2 is 1.55 bits per heavy atom. The summed E-state index contributed by atoms with van der Waals surface area (Å²) in [6.07, 6.45) is 14.9. The van der Waals surface area contributed by atoms with Crippen LogP contribution < -0.4 is 4.74 Å². The third-order valence-electron chi connectivity index (χ3n) is 6.19. The van der Waals surface area contributed by atoms with Gasteiger partial charge >= 0.3 is 5.97 Å². The van der Waals surface area contributed by atoms with Gasteiger partial charge in [-0.05, 0) is 55.2 Å². The monoisotopic (exact) mass is 453 g/mol. The van der Waals surface area contributed by atoms with Crippen LogP contribution in [0, 0.1) is 5.92 Å². The topological polar surface area (TPSA) is 48.4 Å². The SMILES string of the molecule is CCCCCCCCOc1ccc(-c2ccc(C(=O)OCCCCCC(C)CC)cn2)cc1. The van der Waals surface area contributed by atoms with Gasteiger partial charge in [0, 0.05) is 11.8 Å². The third kappa shape index (κ3) is 10.9. The number of hydrogen-bond donors (Lipinski definition) is 0. The molecule has 1 heterocycles. The zero-order valence-corrected chi connectivity index (χ0v) is 21.0. The Bertz CT molecular complexity index is 770. The number of nitrogens with zero attached hydrogens (tertiary/aromatic N) is 1. The Morgan fingerprint density at radius 1 is 0.848 bits per heavy atom. The van der Waals surface area contributed by atoms with Crippen LogP contribution in [-0.4, -0.2) is 24.2 Å². The lowest BCUT2D eigenvalue weighted by atomic mass is 10.0. The second-order valence-corrected chi connectivity index (χ2v) is 9.07. The molecule has 182 valence electrons. The largest absolute Gasteiger partial charge is 0.494 e. The highest BCUT2D eigenvalue weighted by atomic mass is 16.5. The summed E-state index contributed by atoms with van der Waals surface area (Å²) in [6, 6.07) is 11.6. The summed E-state index contributed by atoms with van der Waals surface area (Å²) in [5.74, 6) is 1.37. The van der Waals surface area contributed by atoms with E-state index < -0.39 is 0 Å². The van der Waals surface area contributed by atoms with Crippen molar-refractivity contribution in [2.45, 2.75) is 91.4 Å². The Balaban J connectivity index is 1.69. The molecule has 0 bridgehead atoms. The molecule has 0 saturated heterocycles. The van der Waals surface area contributed by atoms with Crippen molar-refractivity contribution >= 4 is 5.97 Å². The average molecular weight is 454 g/mol. The molecule has 1 atom stereocenters. The number of carbonyl (C=O) groups excluding carboxylic acids is 1. The van der Waals surface area contributed by atoms with Crippen LogP contribution in [0.4, 0.5) is 0 Å². The molecule has 1 aromatic heterocycles. The maximum atomic E-state index is 12.2. The number of rotatable bonds is 17. The van der Waals surface area contributed by atoms with Crippen LogP contribution in [0.3, 0.4) is 0 Å². The van der Waals surface area contributed by atoms with Gasteiger partial charge in [-0.2, -0.15) is 0 Å². The van der Waals surface area contributed by atoms with Gasteiger partial charge in [0.15, 0.2) is 0 Å². The minimum Gasteiger partial charge on any atom is -0.494 e. The second-order valence-electron chi connectivity index (χ2n) is 9.07. The van der Waals surface area contributed by atoms with Gasteiger partial charge < -0.3 is 9.47 Å². The molecule has 0 fully saturated rings. The standard InChI is InChI=1S/C29H43NO3/c1-4-6-7-8-9-12-21-32-27-18-15-25(16-19-27)28-20-17-26(23-30-28)29(31)33-22-13-10-11-14-24(3)5-2/h15-20,23-24H,4-14,21-22H2,1-3H3. The van der Waals surface area contributed by atoms with Crippen LogP contribution in [0.1, 0.15) is 102 Å². The van der Waals surface area contributed by atoms with E-state index in [1.165, 1.54) is 51.4 Å². The van der Waals surface area contributed by atoms with Crippen LogP contribution in [0.25, 0.3) is 11.3 Å². The van der Waals surface area contributed by atoms with E-state index in [1.54, 1.807) is 12.3 Å². The fourth-order valence-electron chi connectivity index (χ4n) is 3.70. The van der Waals surface area contributed by atoms with Gasteiger partial charge in [0.05, 0.1) is 24.5 Å². The average Bonchev–Trinajstić information content (AvgIpc) is 2.85. The molecule has 0 aliphatic carbocycles. The molecule has 0 N–H and O–H groups in total. The summed E-state index contributed by atoms with van der Waals surface area (Å²) in [7, 11) is 0. The van der Waals surface area contributed by atoms with Crippen molar-refractivity contribution in [3.63, 3.8) is 0 Å². The first kappa shape index (κ1) is 26.9. The van der Waals surface area contributed by atoms with Crippen molar-refractivity contribution in [3.05, 3.63) is 48.2 Å². The molecule has 0 saturated carbocycles. The molecule has 1 aromatic carbocycles. The van der Waals surface area contributed by atoms with Crippen LogP contribution in [0.15, 0.2) is 42.6 Å². The van der Waals surface area contributed by atoms with E-state index in [9.17, 15) is 4.79 Å². The molecule has 4 heteroatoms. The van der Waals surface area contributed by atoms with E-state index >= 15 is 0 Å². The summed E-state index contributed by atoms with van der Waals surface area (Å²) in [5, 5.41) is 0. The summed E-state index contributed by atoms with van der Waals surface area (Å²) in [4.78, 5) is 16.7.